The molecule has 0 aromatic heterocycles. The number of rotatable bonds is 8. The topological polar surface area (TPSA) is 67.4 Å². The van der Waals surface area contributed by atoms with Gasteiger partial charge in [0.05, 0.1) is 0 Å². The van der Waals surface area contributed by atoms with Gasteiger partial charge in [0.2, 0.25) is 5.78 Å². The van der Waals surface area contributed by atoms with Crippen LogP contribution in [0.4, 0.5) is 30.7 Å². The Hall–Kier alpha value is -2.79. The van der Waals surface area contributed by atoms with Crippen molar-refractivity contribution in [3.05, 3.63) is 41.6 Å². The Balaban J connectivity index is 2.63. The van der Waals surface area contributed by atoms with Crippen molar-refractivity contribution in [2.75, 3.05) is 6.61 Å². The van der Waals surface area contributed by atoms with Gasteiger partial charge >= 0.3 is 18.0 Å². The molecule has 1 aromatic rings. The van der Waals surface area contributed by atoms with Crippen LogP contribution < -0.4 is 15.6 Å². The first kappa shape index (κ1) is 26.2. The van der Waals surface area contributed by atoms with Gasteiger partial charge in [0, 0.05) is 11.8 Å². The van der Waals surface area contributed by atoms with Gasteiger partial charge in [0.25, 0.3) is 5.91 Å². The van der Waals surface area contributed by atoms with Gasteiger partial charge in [0.15, 0.2) is 6.61 Å². The highest BCUT2D eigenvalue weighted by atomic mass is 19.4. The van der Waals surface area contributed by atoms with Gasteiger partial charge in [-0.05, 0) is 30.0 Å². The molecule has 1 aromatic carbocycles. The quantitative estimate of drug-likeness (QED) is 0.347. The smallest absolute Gasteiger partial charge is 0.460 e. The Bertz CT molecular complexity index is 826. The molecule has 174 valence electrons. The average molecular weight is 458 g/mol. The van der Waals surface area contributed by atoms with Gasteiger partial charge < -0.3 is 10.2 Å². The molecule has 0 bridgehead atoms. The summed E-state index contributed by atoms with van der Waals surface area (Å²) in [4.78, 5) is 22.9. The number of nitrogens with one attached hydrogen (secondary N) is 2. The minimum absolute atomic E-state index is 0.0952. The first-order valence-corrected chi connectivity index (χ1v) is 8.73. The lowest BCUT2D eigenvalue weighted by molar-refractivity contribution is -0.342. The van der Waals surface area contributed by atoms with Crippen LogP contribution in [0.25, 0.3) is 0 Å². The Kier molecular flexibility index (Phi) is 7.74. The third-order valence-electron chi connectivity index (χ3n) is 3.90. The second-order valence-corrected chi connectivity index (χ2v) is 7.57. The minimum Gasteiger partial charge on any atom is -0.484 e. The monoisotopic (exact) mass is 458 g/mol. The molecule has 0 heterocycles. The summed E-state index contributed by atoms with van der Waals surface area (Å²) in [5, 5.41) is 0. The minimum atomic E-state index is -6.63. The van der Waals surface area contributed by atoms with E-state index < -0.39 is 42.0 Å². The van der Waals surface area contributed by atoms with E-state index in [1.165, 1.54) is 0 Å². The molecule has 12 heteroatoms. The zero-order chi connectivity index (χ0) is 24.3. The summed E-state index contributed by atoms with van der Waals surface area (Å²) in [6, 6.07) is 6.82. The fourth-order valence-corrected chi connectivity index (χ4v) is 2.06. The van der Waals surface area contributed by atoms with Crippen LogP contribution in [-0.4, -0.2) is 36.3 Å². The van der Waals surface area contributed by atoms with Crippen molar-refractivity contribution in [3.63, 3.8) is 0 Å². The van der Waals surface area contributed by atoms with E-state index >= 15 is 0 Å². The number of hydrogen-bond acceptors (Lipinski definition) is 4. The number of alkyl halides is 7. The number of carbonyl (C=O) groups excluding carboxylic acids is 2. The normalized spacial score (nSPS) is 13.6. The van der Waals surface area contributed by atoms with Crippen molar-refractivity contribution in [3.8, 4) is 5.75 Å². The van der Waals surface area contributed by atoms with Crippen LogP contribution in [0, 0.1) is 0 Å². The highest BCUT2D eigenvalue weighted by molar-refractivity contribution is 5.97. The molecule has 0 aliphatic heterocycles. The van der Waals surface area contributed by atoms with E-state index in [-0.39, 0.29) is 11.5 Å². The fourth-order valence-electron chi connectivity index (χ4n) is 2.06. The number of ketones is 1. The molecule has 2 N–H and O–H groups in total. The van der Waals surface area contributed by atoms with E-state index in [0.29, 0.717) is 5.75 Å². The molecule has 5 nitrogen and oxygen atoms in total. The van der Waals surface area contributed by atoms with Gasteiger partial charge in [-0.3, -0.25) is 15.0 Å². The number of halogens is 7. The summed E-state index contributed by atoms with van der Waals surface area (Å²) in [5.74, 6) is -15.9. The van der Waals surface area contributed by atoms with Gasteiger partial charge in [-0.25, -0.2) is 0 Å². The number of hydrogen-bond donors (Lipinski definition) is 2. The van der Waals surface area contributed by atoms with E-state index in [4.69, 9.17) is 4.74 Å². The highest BCUT2D eigenvalue weighted by Crippen LogP contribution is 2.47. The van der Waals surface area contributed by atoms with E-state index in [1.54, 1.807) is 24.3 Å². The number of amides is 1. The summed E-state index contributed by atoms with van der Waals surface area (Å²) in [6.45, 7) is 6.37. The lowest BCUT2D eigenvalue weighted by Gasteiger charge is -2.26. The second-order valence-electron chi connectivity index (χ2n) is 7.57. The number of allylic oxidation sites excluding steroid dienone is 2. The van der Waals surface area contributed by atoms with Gasteiger partial charge in [-0.1, -0.05) is 32.9 Å². The molecule has 0 atom stereocenters. The Morgan fingerprint density at radius 3 is 1.90 bits per heavy atom. The van der Waals surface area contributed by atoms with Crippen LogP contribution in [0.15, 0.2) is 36.0 Å². The average Bonchev–Trinajstić information content (AvgIpc) is 2.63. The summed E-state index contributed by atoms with van der Waals surface area (Å²) < 4.78 is 93.7. The summed E-state index contributed by atoms with van der Waals surface area (Å²) >= 11 is 0. The van der Waals surface area contributed by atoms with Crippen molar-refractivity contribution in [1.82, 2.24) is 10.9 Å². The second kappa shape index (κ2) is 9.15. The highest BCUT2D eigenvalue weighted by Gasteiger charge is 2.75. The molecule has 1 amide bonds. The first-order chi connectivity index (χ1) is 13.9. The Labute approximate surface area is 173 Å². The number of ether oxygens (including phenoxy) is 1. The molecular formula is C19H21F7N2O3. The molecule has 0 aliphatic rings. The van der Waals surface area contributed by atoms with E-state index in [1.807, 2.05) is 31.6 Å². The van der Waals surface area contributed by atoms with E-state index in [9.17, 15) is 40.3 Å². The Morgan fingerprint density at radius 1 is 0.935 bits per heavy atom. The SMILES string of the molecule is C/C(=C\C(=O)C(F)(F)C(F)(F)C(F)(F)F)NNC(=O)COc1ccc(C(C)(C)C)cc1. The van der Waals surface area contributed by atoms with Crippen molar-refractivity contribution in [1.29, 1.82) is 0 Å². The van der Waals surface area contributed by atoms with Crippen molar-refractivity contribution in [2.45, 2.75) is 51.1 Å². The van der Waals surface area contributed by atoms with Crippen LogP contribution in [0.1, 0.15) is 33.3 Å². The standard InChI is InChI=1S/C19H21F7N2O3/c1-11(9-14(29)17(20,21)18(22,23)19(24,25)26)27-28-15(30)10-31-13-7-5-12(6-8-13)16(2,3)4/h5-9,27H,10H2,1-4H3,(H,28,30)/b11-9+. The molecule has 0 fully saturated rings. The number of carbonyl (C=O) groups is 2. The zero-order valence-electron chi connectivity index (χ0n) is 17.0. The van der Waals surface area contributed by atoms with Crippen LogP contribution in [0.3, 0.4) is 0 Å². The molecule has 0 saturated carbocycles. The lowest BCUT2D eigenvalue weighted by Crippen LogP contribution is -2.55. The fraction of sp³-hybridized carbons (Fsp3) is 0.474. The molecular weight excluding hydrogens is 437 g/mol. The van der Waals surface area contributed by atoms with Crippen LogP contribution in [0.2, 0.25) is 0 Å². The summed E-state index contributed by atoms with van der Waals surface area (Å²) in [7, 11) is 0. The maximum atomic E-state index is 13.3. The van der Waals surface area contributed by atoms with Crippen LogP contribution in [0.5, 0.6) is 5.75 Å². The summed E-state index contributed by atoms with van der Waals surface area (Å²) in [6.07, 6.45) is -6.80. The van der Waals surface area contributed by atoms with E-state index in [0.717, 1.165) is 12.5 Å². The maximum absolute atomic E-state index is 13.3. The molecule has 31 heavy (non-hydrogen) atoms. The van der Waals surface area contributed by atoms with Crippen LogP contribution >= 0.6 is 0 Å². The number of hydrazine groups is 1. The third-order valence-corrected chi connectivity index (χ3v) is 3.90. The van der Waals surface area contributed by atoms with Crippen molar-refractivity contribution < 1.29 is 45.1 Å². The Morgan fingerprint density at radius 2 is 1.45 bits per heavy atom. The largest absolute Gasteiger partial charge is 0.484 e. The first-order valence-electron chi connectivity index (χ1n) is 8.73. The molecule has 0 unspecified atom stereocenters. The third kappa shape index (κ3) is 6.59. The molecule has 0 spiro atoms. The predicted molar refractivity (Wildman–Crippen MR) is 96.6 cm³/mol. The zero-order valence-corrected chi connectivity index (χ0v) is 17.0. The molecule has 0 radical (unpaired) electrons. The van der Waals surface area contributed by atoms with Crippen molar-refractivity contribution in [2.24, 2.45) is 0 Å². The van der Waals surface area contributed by atoms with Gasteiger partial charge in [0.1, 0.15) is 5.75 Å². The number of benzene rings is 1. The molecule has 0 saturated heterocycles. The predicted octanol–water partition coefficient (Wildman–Crippen LogP) is 4.29. The summed E-state index contributed by atoms with van der Waals surface area (Å²) in [5.41, 5.74) is 4.18. The van der Waals surface area contributed by atoms with Gasteiger partial charge in [-0.15, -0.1) is 0 Å². The lowest BCUT2D eigenvalue weighted by atomic mass is 9.87. The molecule has 1 rings (SSSR count). The van der Waals surface area contributed by atoms with Crippen molar-refractivity contribution >= 4 is 11.7 Å². The van der Waals surface area contributed by atoms with Gasteiger partial charge in [-0.2, -0.15) is 30.7 Å². The maximum Gasteiger partial charge on any atom is 0.460 e. The van der Waals surface area contributed by atoms with E-state index in [2.05, 4.69) is 0 Å². The van der Waals surface area contributed by atoms with Crippen LogP contribution in [-0.2, 0) is 15.0 Å². The molecule has 0 aliphatic carbocycles.